The van der Waals surface area contributed by atoms with Crippen LogP contribution in [0.5, 0.6) is 0 Å². The van der Waals surface area contributed by atoms with Crippen LogP contribution in [0.2, 0.25) is 0 Å². The van der Waals surface area contributed by atoms with E-state index in [2.05, 4.69) is 26.6 Å². The van der Waals surface area contributed by atoms with Crippen molar-refractivity contribution in [1.29, 1.82) is 0 Å². The van der Waals surface area contributed by atoms with Crippen LogP contribution in [-0.2, 0) is 11.2 Å². The maximum Gasteiger partial charge on any atom is 0.319 e. The molecule has 3 N–H and O–H groups in total. The molecule has 0 aliphatic carbocycles. The highest BCUT2D eigenvalue weighted by atomic mass is 79.9. The smallest absolute Gasteiger partial charge is 0.319 e. The quantitative estimate of drug-likeness (QED) is 0.729. The van der Waals surface area contributed by atoms with Gasteiger partial charge >= 0.3 is 12.0 Å². The van der Waals surface area contributed by atoms with Crippen molar-refractivity contribution in [2.45, 2.75) is 27.2 Å². The van der Waals surface area contributed by atoms with Gasteiger partial charge in [0.1, 0.15) is 0 Å². The number of carboxylic acid groups (broad SMARTS) is 1. The van der Waals surface area contributed by atoms with Crippen LogP contribution < -0.4 is 10.6 Å². The topological polar surface area (TPSA) is 78.4 Å². The number of aryl methyl sites for hydroxylation is 1. The monoisotopic (exact) mass is 356 g/mol. The normalized spacial score (nSPS) is 12.0. The van der Waals surface area contributed by atoms with E-state index in [-0.39, 0.29) is 18.5 Å². The van der Waals surface area contributed by atoms with Gasteiger partial charge < -0.3 is 15.7 Å². The van der Waals surface area contributed by atoms with Gasteiger partial charge in [0.25, 0.3) is 0 Å². The van der Waals surface area contributed by atoms with Gasteiger partial charge in [-0.05, 0) is 36.1 Å². The minimum atomic E-state index is -0.900. The third-order valence-electron chi connectivity index (χ3n) is 3.30. The first kappa shape index (κ1) is 17.5. The number of halogens is 1. The third kappa shape index (κ3) is 5.38. The first-order valence-electron chi connectivity index (χ1n) is 6.91. The van der Waals surface area contributed by atoms with Crippen molar-refractivity contribution >= 4 is 33.6 Å². The molecule has 116 valence electrons. The summed E-state index contributed by atoms with van der Waals surface area (Å²) in [5, 5.41) is 14.5. The van der Waals surface area contributed by atoms with Crippen molar-refractivity contribution in [3.05, 3.63) is 28.2 Å². The molecule has 0 saturated heterocycles. The van der Waals surface area contributed by atoms with Crippen LogP contribution in [0.1, 0.15) is 26.3 Å². The Hall–Kier alpha value is -1.56. The summed E-state index contributed by atoms with van der Waals surface area (Å²) < 4.78 is 0.955. The lowest BCUT2D eigenvalue weighted by Gasteiger charge is -2.17. The summed E-state index contributed by atoms with van der Waals surface area (Å²) in [6, 6.07) is 5.23. The molecule has 0 heterocycles. The molecule has 5 nitrogen and oxygen atoms in total. The molecule has 1 unspecified atom stereocenters. The average Bonchev–Trinajstić information content (AvgIpc) is 2.40. The summed E-state index contributed by atoms with van der Waals surface area (Å²) in [5.74, 6) is -1.53. The van der Waals surface area contributed by atoms with E-state index in [0.717, 1.165) is 22.1 Å². The zero-order valence-corrected chi connectivity index (χ0v) is 14.0. The number of aliphatic carboxylic acids is 1. The van der Waals surface area contributed by atoms with Crippen LogP contribution in [-0.4, -0.2) is 23.7 Å². The molecule has 0 spiro atoms. The van der Waals surface area contributed by atoms with E-state index in [9.17, 15) is 9.59 Å². The molecule has 1 aromatic rings. The Morgan fingerprint density at radius 1 is 1.33 bits per heavy atom. The van der Waals surface area contributed by atoms with Crippen LogP contribution in [0.3, 0.4) is 0 Å². The lowest BCUT2D eigenvalue weighted by atomic mass is 9.96. The van der Waals surface area contributed by atoms with Gasteiger partial charge in [0.2, 0.25) is 0 Å². The second-order valence-corrected chi connectivity index (χ2v) is 6.09. The fourth-order valence-electron chi connectivity index (χ4n) is 1.95. The summed E-state index contributed by atoms with van der Waals surface area (Å²) in [7, 11) is 0. The standard InChI is InChI=1S/C15H21BrN2O3/c1-4-10-7-11(16)5-6-13(10)18-15(21)17-8-12(9(2)3)14(19)20/h5-7,9,12H,4,8H2,1-3H3,(H,19,20)(H2,17,18,21). The van der Waals surface area contributed by atoms with Gasteiger partial charge in [-0.25, -0.2) is 4.79 Å². The largest absolute Gasteiger partial charge is 0.481 e. The number of hydrogen-bond donors (Lipinski definition) is 3. The molecule has 1 aromatic carbocycles. The van der Waals surface area contributed by atoms with Crippen LogP contribution in [0.4, 0.5) is 10.5 Å². The second-order valence-electron chi connectivity index (χ2n) is 5.18. The lowest BCUT2D eigenvalue weighted by Crippen LogP contribution is -2.37. The predicted molar refractivity (Wildman–Crippen MR) is 86.5 cm³/mol. The summed E-state index contributed by atoms with van der Waals surface area (Å²) in [6.07, 6.45) is 0.790. The van der Waals surface area contributed by atoms with Crippen molar-refractivity contribution in [2.75, 3.05) is 11.9 Å². The van der Waals surface area contributed by atoms with E-state index in [1.807, 2.05) is 39.0 Å². The molecule has 0 aliphatic rings. The van der Waals surface area contributed by atoms with E-state index in [4.69, 9.17) is 5.11 Å². The van der Waals surface area contributed by atoms with E-state index in [1.165, 1.54) is 0 Å². The number of urea groups is 1. The van der Waals surface area contributed by atoms with Gasteiger partial charge in [0.15, 0.2) is 0 Å². The molecule has 0 aromatic heterocycles. The summed E-state index contributed by atoms with van der Waals surface area (Å²) in [5.41, 5.74) is 1.74. The molecule has 1 rings (SSSR count). The van der Waals surface area contributed by atoms with Crippen molar-refractivity contribution in [3.8, 4) is 0 Å². The first-order valence-corrected chi connectivity index (χ1v) is 7.70. The predicted octanol–water partition coefficient (Wildman–Crippen LogP) is 3.49. The maximum atomic E-state index is 11.9. The Labute approximate surface area is 133 Å². The summed E-state index contributed by atoms with van der Waals surface area (Å²) in [4.78, 5) is 23.0. The Morgan fingerprint density at radius 2 is 2.00 bits per heavy atom. The van der Waals surface area contributed by atoms with E-state index in [0.29, 0.717) is 0 Å². The summed E-state index contributed by atoms with van der Waals surface area (Å²) in [6.45, 7) is 5.76. The van der Waals surface area contributed by atoms with Crippen LogP contribution in [0.25, 0.3) is 0 Å². The number of benzene rings is 1. The molecule has 1 atom stereocenters. The molecule has 6 heteroatoms. The number of anilines is 1. The Bertz CT molecular complexity index is 518. The fourth-order valence-corrected chi connectivity index (χ4v) is 2.36. The molecule has 21 heavy (non-hydrogen) atoms. The number of rotatable bonds is 6. The van der Waals surface area contributed by atoms with Crippen molar-refractivity contribution in [3.63, 3.8) is 0 Å². The van der Waals surface area contributed by atoms with Crippen LogP contribution >= 0.6 is 15.9 Å². The SMILES string of the molecule is CCc1cc(Br)ccc1NC(=O)NCC(C(=O)O)C(C)C. The average molecular weight is 357 g/mol. The fraction of sp³-hybridized carbons (Fsp3) is 0.467. The number of hydrogen-bond acceptors (Lipinski definition) is 2. The number of carboxylic acids is 1. The van der Waals surface area contributed by atoms with Crippen molar-refractivity contribution in [2.24, 2.45) is 11.8 Å². The van der Waals surface area contributed by atoms with Gasteiger partial charge in [-0.2, -0.15) is 0 Å². The van der Waals surface area contributed by atoms with E-state index < -0.39 is 11.9 Å². The molecule has 0 aliphatic heterocycles. The Morgan fingerprint density at radius 3 is 2.52 bits per heavy atom. The maximum absolute atomic E-state index is 11.9. The highest BCUT2D eigenvalue weighted by Gasteiger charge is 2.22. The molecule has 0 fully saturated rings. The van der Waals surface area contributed by atoms with E-state index >= 15 is 0 Å². The zero-order chi connectivity index (χ0) is 16.0. The van der Waals surface area contributed by atoms with E-state index in [1.54, 1.807) is 0 Å². The van der Waals surface area contributed by atoms with Crippen molar-refractivity contribution < 1.29 is 14.7 Å². The Kier molecular flexibility index (Phi) is 6.68. The van der Waals surface area contributed by atoms with Gasteiger partial charge in [-0.1, -0.05) is 36.7 Å². The highest BCUT2D eigenvalue weighted by molar-refractivity contribution is 9.10. The molecule has 0 saturated carbocycles. The highest BCUT2D eigenvalue weighted by Crippen LogP contribution is 2.21. The lowest BCUT2D eigenvalue weighted by molar-refractivity contribution is -0.142. The summed E-state index contributed by atoms with van der Waals surface area (Å²) >= 11 is 3.39. The molecule has 0 radical (unpaired) electrons. The molecular formula is C15H21BrN2O3. The second kappa shape index (κ2) is 8.02. The van der Waals surface area contributed by atoms with Crippen molar-refractivity contribution in [1.82, 2.24) is 5.32 Å². The first-order chi connectivity index (χ1) is 9.85. The number of carbonyl (C=O) groups excluding carboxylic acids is 1. The Balaban J connectivity index is 2.64. The number of nitrogens with one attached hydrogen (secondary N) is 2. The number of carbonyl (C=O) groups is 2. The molecule has 0 bridgehead atoms. The van der Waals surface area contributed by atoms with Gasteiger partial charge in [-0.15, -0.1) is 0 Å². The van der Waals surface area contributed by atoms with Crippen LogP contribution in [0, 0.1) is 11.8 Å². The van der Waals surface area contributed by atoms with Gasteiger partial charge in [-0.3, -0.25) is 4.79 Å². The van der Waals surface area contributed by atoms with Gasteiger partial charge in [0.05, 0.1) is 5.92 Å². The third-order valence-corrected chi connectivity index (χ3v) is 3.79. The molecule has 2 amide bonds. The minimum Gasteiger partial charge on any atom is -0.481 e. The van der Waals surface area contributed by atoms with Gasteiger partial charge in [0, 0.05) is 16.7 Å². The number of amides is 2. The minimum absolute atomic E-state index is 0.0401. The van der Waals surface area contributed by atoms with Crippen LogP contribution in [0.15, 0.2) is 22.7 Å². The molecular weight excluding hydrogens is 336 g/mol. The zero-order valence-electron chi connectivity index (χ0n) is 12.4.